The van der Waals surface area contributed by atoms with E-state index in [9.17, 15) is 9.18 Å². The maximum atomic E-state index is 13.9. The van der Waals surface area contributed by atoms with E-state index >= 15 is 0 Å². The van der Waals surface area contributed by atoms with Crippen LogP contribution in [0.1, 0.15) is 36.0 Å². The summed E-state index contributed by atoms with van der Waals surface area (Å²) in [5, 5.41) is 1.44. The first-order valence-corrected chi connectivity index (χ1v) is 8.63. The van der Waals surface area contributed by atoms with Crippen molar-refractivity contribution in [3.05, 3.63) is 42.0 Å². The van der Waals surface area contributed by atoms with Crippen LogP contribution in [0.3, 0.4) is 0 Å². The maximum Gasteiger partial charge on any atom is 0.254 e. The van der Waals surface area contributed by atoms with Crippen LogP contribution in [0.4, 0.5) is 4.39 Å². The summed E-state index contributed by atoms with van der Waals surface area (Å²) in [7, 11) is 2.19. The zero-order valence-electron chi connectivity index (χ0n) is 14.0. The van der Waals surface area contributed by atoms with Gasteiger partial charge in [0.2, 0.25) is 0 Å². The molecule has 2 fully saturated rings. The van der Waals surface area contributed by atoms with Crippen molar-refractivity contribution in [3.63, 3.8) is 0 Å². The monoisotopic (exact) mass is 327 g/mol. The average molecular weight is 327 g/mol. The van der Waals surface area contributed by atoms with Gasteiger partial charge in [0.05, 0.1) is 5.56 Å². The molecule has 1 aromatic carbocycles. The molecule has 2 aliphatic heterocycles. The number of amides is 1. The lowest BCUT2D eigenvalue weighted by atomic mass is 9.85. The topological polar surface area (TPSA) is 36.4 Å². The number of benzene rings is 1. The molecule has 2 aliphatic rings. The highest BCUT2D eigenvalue weighted by Gasteiger charge is 2.42. The Morgan fingerprint density at radius 1 is 1.21 bits per heavy atom. The van der Waals surface area contributed by atoms with Crippen LogP contribution in [0.25, 0.3) is 10.8 Å². The molecule has 3 heterocycles. The molecule has 0 atom stereocenters. The van der Waals surface area contributed by atoms with E-state index in [1.54, 1.807) is 18.5 Å². The van der Waals surface area contributed by atoms with Crippen molar-refractivity contribution in [2.45, 2.75) is 31.2 Å². The highest BCUT2D eigenvalue weighted by atomic mass is 19.1. The molecule has 126 valence electrons. The van der Waals surface area contributed by atoms with E-state index in [1.807, 2.05) is 4.90 Å². The van der Waals surface area contributed by atoms with E-state index < -0.39 is 0 Å². The summed E-state index contributed by atoms with van der Waals surface area (Å²) in [6.45, 7) is 2.62. The Bertz CT molecular complexity index is 783. The van der Waals surface area contributed by atoms with Gasteiger partial charge in [0.15, 0.2) is 0 Å². The predicted octanol–water partition coefficient (Wildman–Crippen LogP) is 3.07. The van der Waals surface area contributed by atoms with Gasteiger partial charge >= 0.3 is 0 Å². The number of nitrogens with zero attached hydrogens (tertiary/aromatic N) is 3. The molecule has 0 saturated carbocycles. The van der Waals surface area contributed by atoms with Crippen molar-refractivity contribution >= 4 is 16.7 Å². The Balaban J connectivity index is 1.59. The maximum absolute atomic E-state index is 13.9. The zero-order chi connectivity index (χ0) is 16.7. The molecule has 0 bridgehead atoms. The largest absolute Gasteiger partial charge is 0.338 e. The van der Waals surface area contributed by atoms with E-state index in [0.29, 0.717) is 5.56 Å². The second-order valence-corrected chi connectivity index (χ2v) is 7.09. The number of hydrogen-bond donors (Lipinski definition) is 0. The fraction of sp³-hybridized carbons (Fsp3) is 0.474. The molecule has 0 unspecified atom stereocenters. The number of halogens is 1. The third kappa shape index (κ3) is 2.47. The molecular formula is C19H22FN3O. The molecule has 0 aliphatic carbocycles. The molecular weight excluding hydrogens is 305 g/mol. The van der Waals surface area contributed by atoms with Crippen molar-refractivity contribution in [2.24, 2.45) is 0 Å². The van der Waals surface area contributed by atoms with Crippen molar-refractivity contribution in [1.29, 1.82) is 0 Å². The third-order valence-corrected chi connectivity index (χ3v) is 5.88. The minimum atomic E-state index is -0.374. The third-order valence-electron chi connectivity index (χ3n) is 5.88. The Kier molecular flexibility index (Phi) is 3.76. The van der Waals surface area contributed by atoms with E-state index in [4.69, 9.17) is 0 Å². The van der Waals surface area contributed by atoms with E-state index in [1.165, 1.54) is 25.0 Å². The average Bonchev–Trinajstić information content (AvgIpc) is 2.94. The van der Waals surface area contributed by atoms with E-state index in [0.717, 1.165) is 43.2 Å². The van der Waals surface area contributed by atoms with Crippen LogP contribution >= 0.6 is 0 Å². The second-order valence-electron chi connectivity index (χ2n) is 7.09. The van der Waals surface area contributed by atoms with Gasteiger partial charge in [-0.25, -0.2) is 4.39 Å². The Labute approximate surface area is 141 Å². The number of rotatable bonds is 1. The highest BCUT2D eigenvalue weighted by molar-refractivity contribution is 6.06. The number of aromatic nitrogens is 1. The van der Waals surface area contributed by atoms with Crippen LogP contribution in [-0.2, 0) is 0 Å². The van der Waals surface area contributed by atoms with Crippen molar-refractivity contribution in [2.75, 3.05) is 26.7 Å². The molecule has 24 heavy (non-hydrogen) atoms. The summed E-state index contributed by atoms with van der Waals surface area (Å²) in [6, 6.07) is 4.54. The lowest BCUT2D eigenvalue weighted by Gasteiger charge is -2.43. The second kappa shape index (κ2) is 5.81. The molecule has 0 N–H and O–H groups in total. The normalized spacial score (nSPS) is 20.8. The number of carbonyl (C=O) groups is 1. The summed E-state index contributed by atoms with van der Waals surface area (Å²) < 4.78 is 13.9. The van der Waals surface area contributed by atoms with Gasteiger partial charge in [-0.15, -0.1) is 0 Å². The van der Waals surface area contributed by atoms with Gasteiger partial charge in [-0.05, 0) is 62.9 Å². The van der Waals surface area contributed by atoms with Crippen LogP contribution < -0.4 is 0 Å². The van der Waals surface area contributed by atoms with E-state index in [2.05, 4.69) is 16.9 Å². The molecule has 1 aromatic heterocycles. The van der Waals surface area contributed by atoms with E-state index in [-0.39, 0.29) is 17.3 Å². The first-order valence-electron chi connectivity index (χ1n) is 8.63. The van der Waals surface area contributed by atoms with Crippen LogP contribution in [0, 0.1) is 5.82 Å². The van der Waals surface area contributed by atoms with Crippen LogP contribution in [-0.4, -0.2) is 52.9 Å². The summed E-state index contributed by atoms with van der Waals surface area (Å²) in [6.07, 6.45) is 7.74. The first kappa shape index (κ1) is 15.5. The summed E-state index contributed by atoms with van der Waals surface area (Å²) in [4.78, 5) is 21.4. The SMILES string of the molecule is CN1CCCC12CCN(C(=O)c1cc(F)cc3ccncc13)CC2. The highest BCUT2D eigenvalue weighted by Crippen LogP contribution is 2.37. The molecule has 2 saturated heterocycles. The Morgan fingerprint density at radius 3 is 2.71 bits per heavy atom. The Morgan fingerprint density at radius 2 is 2.00 bits per heavy atom. The van der Waals surface area contributed by atoms with Crippen LogP contribution in [0.2, 0.25) is 0 Å². The summed E-state index contributed by atoms with van der Waals surface area (Å²) in [5.41, 5.74) is 0.691. The summed E-state index contributed by atoms with van der Waals surface area (Å²) in [5.74, 6) is -0.455. The van der Waals surface area contributed by atoms with Crippen molar-refractivity contribution in [3.8, 4) is 0 Å². The fourth-order valence-electron chi connectivity index (χ4n) is 4.34. The first-order chi connectivity index (χ1) is 11.6. The number of likely N-dealkylation sites (tertiary alicyclic amines) is 2. The van der Waals surface area contributed by atoms with Gasteiger partial charge in [0.25, 0.3) is 5.91 Å². The quantitative estimate of drug-likeness (QED) is 0.808. The van der Waals surface area contributed by atoms with Gasteiger partial charge in [-0.3, -0.25) is 9.78 Å². The number of fused-ring (bicyclic) bond motifs is 1. The van der Waals surface area contributed by atoms with Crippen molar-refractivity contribution in [1.82, 2.24) is 14.8 Å². The molecule has 0 radical (unpaired) electrons. The van der Waals surface area contributed by atoms with Gasteiger partial charge < -0.3 is 9.80 Å². The Hall–Kier alpha value is -2.01. The molecule has 1 spiro atoms. The number of pyridine rings is 1. The number of carbonyl (C=O) groups excluding carboxylic acids is 1. The number of hydrogen-bond acceptors (Lipinski definition) is 3. The smallest absolute Gasteiger partial charge is 0.254 e. The van der Waals surface area contributed by atoms with Gasteiger partial charge in [0.1, 0.15) is 5.82 Å². The summed E-state index contributed by atoms with van der Waals surface area (Å²) >= 11 is 0. The van der Waals surface area contributed by atoms with Crippen LogP contribution in [0.15, 0.2) is 30.6 Å². The lowest BCUT2D eigenvalue weighted by Crippen LogP contribution is -2.52. The minimum absolute atomic E-state index is 0.0806. The molecule has 1 amide bonds. The van der Waals surface area contributed by atoms with Crippen molar-refractivity contribution < 1.29 is 9.18 Å². The van der Waals surface area contributed by atoms with Gasteiger partial charge in [0, 0.05) is 36.4 Å². The van der Waals surface area contributed by atoms with Gasteiger partial charge in [-0.2, -0.15) is 0 Å². The lowest BCUT2D eigenvalue weighted by molar-refractivity contribution is 0.0493. The molecule has 4 nitrogen and oxygen atoms in total. The predicted molar refractivity (Wildman–Crippen MR) is 91.4 cm³/mol. The standard InChI is InChI=1S/C19H22FN3O/c1-22-8-2-4-19(22)5-9-23(10-6-19)18(24)16-12-15(20)11-14-3-7-21-13-17(14)16/h3,7,11-13H,2,4-6,8-10H2,1H3. The van der Waals surface area contributed by atoms with Crippen LogP contribution in [0.5, 0.6) is 0 Å². The molecule has 4 rings (SSSR count). The minimum Gasteiger partial charge on any atom is -0.338 e. The number of piperidine rings is 1. The zero-order valence-corrected chi connectivity index (χ0v) is 14.0. The molecule has 2 aromatic rings. The fourth-order valence-corrected chi connectivity index (χ4v) is 4.34. The molecule has 5 heteroatoms. The van der Waals surface area contributed by atoms with Gasteiger partial charge in [-0.1, -0.05) is 0 Å².